The second kappa shape index (κ2) is 7.17. The molecule has 0 aromatic carbocycles. The minimum Gasteiger partial charge on any atom is -0.392 e. The highest BCUT2D eigenvalue weighted by molar-refractivity contribution is 5.21. The Bertz CT molecular complexity index is 795. The summed E-state index contributed by atoms with van der Waals surface area (Å²) in [7, 11) is 0. The summed E-state index contributed by atoms with van der Waals surface area (Å²) < 4.78 is 13.2. The van der Waals surface area contributed by atoms with Crippen molar-refractivity contribution in [2.75, 3.05) is 6.61 Å². The molecule has 2 aliphatic heterocycles. The van der Waals surface area contributed by atoms with Gasteiger partial charge in [0.25, 0.3) is 0 Å². The molecule has 0 aromatic heterocycles. The zero-order chi connectivity index (χ0) is 23.6. The minimum atomic E-state index is -1.44. The molecule has 2 saturated heterocycles. The van der Waals surface area contributed by atoms with Gasteiger partial charge in [-0.25, -0.2) is 0 Å². The number of rotatable bonds is 0. The molecule has 0 aromatic rings. The van der Waals surface area contributed by atoms with Crippen LogP contribution in [0.25, 0.3) is 0 Å². The van der Waals surface area contributed by atoms with E-state index in [0.717, 1.165) is 45.1 Å². The lowest BCUT2D eigenvalue weighted by Gasteiger charge is -2.66. The highest BCUT2D eigenvalue weighted by atomic mass is 16.7. The Kier molecular flexibility index (Phi) is 5.03. The van der Waals surface area contributed by atoms with Gasteiger partial charge in [0, 0.05) is 24.2 Å². The van der Waals surface area contributed by atoms with Crippen molar-refractivity contribution in [2.24, 2.45) is 46.3 Å². The van der Waals surface area contributed by atoms with Crippen molar-refractivity contribution in [1.29, 1.82) is 0 Å². The Morgan fingerprint density at radius 1 is 0.879 bits per heavy atom. The van der Waals surface area contributed by atoms with E-state index >= 15 is 0 Å². The third-order valence-corrected chi connectivity index (χ3v) is 12.3. The molecule has 4 saturated carbocycles. The van der Waals surface area contributed by atoms with Crippen LogP contribution in [0.4, 0.5) is 0 Å². The predicted octanol–water partition coefficient (Wildman–Crippen LogP) is 2.85. The molecule has 4 N–H and O–H groups in total. The van der Waals surface area contributed by atoms with Gasteiger partial charge < -0.3 is 29.9 Å². The molecule has 2 heterocycles. The van der Waals surface area contributed by atoms with Gasteiger partial charge in [0.15, 0.2) is 5.79 Å². The molecular weight excluding hydrogens is 420 g/mol. The van der Waals surface area contributed by atoms with Crippen LogP contribution in [-0.4, -0.2) is 62.8 Å². The van der Waals surface area contributed by atoms with E-state index in [-0.39, 0.29) is 23.9 Å². The third-order valence-electron chi connectivity index (χ3n) is 12.3. The lowest BCUT2D eigenvalue weighted by Crippen LogP contribution is -2.73. The van der Waals surface area contributed by atoms with E-state index in [2.05, 4.69) is 20.8 Å². The van der Waals surface area contributed by atoms with Gasteiger partial charge in [-0.1, -0.05) is 27.7 Å². The summed E-state index contributed by atoms with van der Waals surface area (Å²) in [5.74, 6) is 2.07. The van der Waals surface area contributed by atoms with Crippen molar-refractivity contribution in [2.45, 2.75) is 115 Å². The van der Waals surface area contributed by atoms with Crippen molar-refractivity contribution in [3.63, 3.8) is 0 Å². The van der Waals surface area contributed by atoms with Gasteiger partial charge in [-0.05, 0) is 73.5 Å². The molecule has 0 bridgehead atoms. The number of aliphatic hydroxyl groups is 4. The van der Waals surface area contributed by atoms with Crippen LogP contribution in [0.5, 0.6) is 0 Å². The van der Waals surface area contributed by atoms with Crippen LogP contribution in [0.3, 0.4) is 0 Å². The first-order chi connectivity index (χ1) is 15.5. The highest BCUT2D eigenvalue weighted by Crippen LogP contribution is 2.71. The summed E-state index contributed by atoms with van der Waals surface area (Å²) >= 11 is 0. The Morgan fingerprint density at radius 2 is 1.64 bits per heavy atom. The molecule has 6 nitrogen and oxygen atoms in total. The topological polar surface area (TPSA) is 99.4 Å². The average Bonchev–Trinajstić information content (AvgIpc) is 3.22. The average molecular weight is 465 g/mol. The normalized spacial score (nSPS) is 64.7. The molecule has 33 heavy (non-hydrogen) atoms. The Hall–Kier alpha value is -0.240. The molecule has 188 valence electrons. The van der Waals surface area contributed by atoms with Crippen molar-refractivity contribution in [1.82, 2.24) is 0 Å². The minimum absolute atomic E-state index is 0.134. The zero-order valence-electron chi connectivity index (χ0n) is 20.7. The fraction of sp³-hybridized carbons (Fsp3) is 1.00. The van der Waals surface area contributed by atoms with Crippen LogP contribution < -0.4 is 0 Å². The first kappa shape index (κ1) is 23.2. The molecule has 6 aliphatic rings. The van der Waals surface area contributed by atoms with Gasteiger partial charge >= 0.3 is 0 Å². The second-order valence-corrected chi connectivity index (χ2v) is 13.4. The lowest BCUT2D eigenvalue weighted by atomic mass is 9.41. The van der Waals surface area contributed by atoms with Crippen molar-refractivity contribution in [3.05, 3.63) is 0 Å². The van der Waals surface area contributed by atoms with Crippen LogP contribution >= 0.6 is 0 Å². The van der Waals surface area contributed by atoms with E-state index in [1.54, 1.807) is 0 Å². The summed E-state index contributed by atoms with van der Waals surface area (Å²) in [6.45, 7) is 9.85. The maximum Gasteiger partial charge on any atom is 0.171 e. The fourth-order valence-electron chi connectivity index (χ4n) is 10.4. The van der Waals surface area contributed by atoms with E-state index in [1.165, 1.54) is 0 Å². The summed E-state index contributed by atoms with van der Waals surface area (Å²) in [6, 6.07) is 0. The summed E-state index contributed by atoms with van der Waals surface area (Å²) in [4.78, 5) is 0. The van der Waals surface area contributed by atoms with Crippen LogP contribution in [0, 0.1) is 46.3 Å². The van der Waals surface area contributed by atoms with Crippen molar-refractivity contribution >= 4 is 0 Å². The Morgan fingerprint density at radius 3 is 2.33 bits per heavy atom. The molecule has 1 spiro atoms. The first-order valence-corrected chi connectivity index (χ1v) is 13.6. The molecular formula is C27H44O6. The van der Waals surface area contributed by atoms with E-state index in [1.807, 2.05) is 6.92 Å². The molecule has 6 rings (SSSR count). The summed E-state index contributed by atoms with van der Waals surface area (Å²) in [6.07, 6.45) is 3.73. The van der Waals surface area contributed by atoms with E-state index in [0.29, 0.717) is 36.0 Å². The monoisotopic (exact) mass is 464 g/mol. The standard InChI is InChI=1S/C27H44O6/c1-14-5-10-27(32-13-14)15(2)22-20(33-27)11-18-16-6-9-26(31)23(30)19(28)12-21(29)25(26,4)17(16)7-8-24(18,22)3/h14-23,28-31H,5-13H2,1-4H3/t14?,15?,16-,17+,18+,19?,20+,21?,22+,23?,24+,25+,26+,27-/m1/s1. The number of ether oxygens (including phenoxy) is 2. The van der Waals surface area contributed by atoms with Gasteiger partial charge in [-0.2, -0.15) is 0 Å². The van der Waals surface area contributed by atoms with Gasteiger partial charge in [-0.3, -0.25) is 0 Å². The maximum absolute atomic E-state index is 11.7. The molecule has 4 aliphatic carbocycles. The maximum atomic E-state index is 11.7. The van der Waals surface area contributed by atoms with Crippen LogP contribution in [0.2, 0.25) is 0 Å². The third kappa shape index (κ3) is 2.72. The molecule has 6 heteroatoms. The molecule has 5 unspecified atom stereocenters. The molecule has 0 amide bonds. The highest BCUT2D eigenvalue weighted by Gasteiger charge is 2.73. The van der Waals surface area contributed by atoms with Gasteiger partial charge in [0.05, 0.1) is 24.9 Å². The van der Waals surface area contributed by atoms with Gasteiger partial charge in [0.1, 0.15) is 11.7 Å². The summed E-state index contributed by atoms with van der Waals surface area (Å²) in [5, 5.41) is 44.0. The predicted molar refractivity (Wildman–Crippen MR) is 122 cm³/mol. The number of fused-ring (bicyclic) bond motifs is 7. The second-order valence-electron chi connectivity index (χ2n) is 13.4. The zero-order valence-corrected chi connectivity index (χ0v) is 20.7. The van der Waals surface area contributed by atoms with E-state index in [4.69, 9.17) is 9.47 Å². The first-order valence-electron chi connectivity index (χ1n) is 13.6. The van der Waals surface area contributed by atoms with Gasteiger partial charge in [0.2, 0.25) is 0 Å². The van der Waals surface area contributed by atoms with E-state index in [9.17, 15) is 20.4 Å². The number of aliphatic hydroxyl groups excluding tert-OH is 3. The van der Waals surface area contributed by atoms with Crippen molar-refractivity contribution in [3.8, 4) is 0 Å². The van der Waals surface area contributed by atoms with Crippen molar-refractivity contribution < 1.29 is 29.9 Å². The van der Waals surface area contributed by atoms with Crippen LogP contribution in [0.1, 0.15) is 79.1 Å². The smallest absolute Gasteiger partial charge is 0.171 e. The Balaban J connectivity index is 1.30. The van der Waals surface area contributed by atoms with Crippen LogP contribution in [-0.2, 0) is 9.47 Å². The molecule has 0 radical (unpaired) electrons. The number of hydrogen-bond donors (Lipinski definition) is 4. The Labute approximate surface area is 198 Å². The van der Waals surface area contributed by atoms with E-state index < -0.39 is 35.1 Å². The molecule has 14 atom stereocenters. The summed E-state index contributed by atoms with van der Waals surface area (Å²) in [5.41, 5.74) is -2.07. The molecule has 6 fully saturated rings. The van der Waals surface area contributed by atoms with Crippen LogP contribution in [0.15, 0.2) is 0 Å². The lowest BCUT2D eigenvalue weighted by molar-refractivity contribution is -0.301. The SMILES string of the molecule is CC1CC[C@@]2(OC1)O[C@H]1C[C@H]3[C@@H]4CC[C@]5(O)C(O)C(O)CC(O)[C@]5(C)[C@H]4CC[C@]3(C)[C@H]1C2C. The number of hydrogen-bond acceptors (Lipinski definition) is 6. The largest absolute Gasteiger partial charge is 0.392 e. The van der Waals surface area contributed by atoms with Gasteiger partial charge in [-0.15, -0.1) is 0 Å². The fourth-order valence-corrected chi connectivity index (χ4v) is 10.4. The quantitative estimate of drug-likeness (QED) is 0.440.